The standard InChI is InChI=1S/C36H31F2N3O3S/c1-4-31(43)41-11-9-28-23(18-41)13-22(17-39-28)35-33(32-27(38)15-24(37)16-30(32)44-19(2)3)36-25(10-12-45-36)34(40-35)21-6-5-20-7-8-29(42)26(20)14-21/h4-6,10,12-17,19,29,42H,1,7-9,11,18H2,2-3H3/t29-/m0/s1. The van der Waals surface area contributed by atoms with Gasteiger partial charge in [-0.15, -0.1) is 11.3 Å². The molecule has 3 aromatic heterocycles. The molecule has 0 spiro atoms. The van der Waals surface area contributed by atoms with Crippen LogP contribution in [0.15, 0.2) is 66.7 Å². The first-order chi connectivity index (χ1) is 21.7. The summed E-state index contributed by atoms with van der Waals surface area (Å²) in [5.74, 6) is -1.57. The van der Waals surface area contributed by atoms with Crippen LogP contribution in [0, 0.1) is 11.6 Å². The Morgan fingerprint density at radius 2 is 1.93 bits per heavy atom. The van der Waals surface area contributed by atoms with E-state index in [2.05, 4.69) is 6.58 Å². The molecule has 0 fully saturated rings. The van der Waals surface area contributed by atoms with Gasteiger partial charge in [0, 0.05) is 70.3 Å². The number of pyridine rings is 2. The molecule has 0 saturated heterocycles. The molecule has 1 aliphatic heterocycles. The molecule has 228 valence electrons. The van der Waals surface area contributed by atoms with Crippen molar-refractivity contribution in [3.63, 3.8) is 0 Å². The van der Waals surface area contributed by atoms with Crippen LogP contribution in [0.2, 0.25) is 0 Å². The lowest BCUT2D eigenvalue weighted by Gasteiger charge is -2.27. The number of fused-ring (bicyclic) bond motifs is 3. The van der Waals surface area contributed by atoms with Crippen molar-refractivity contribution in [3.8, 4) is 39.4 Å². The van der Waals surface area contributed by atoms with Gasteiger partial charge < -0.3 is 14.7 Å². The van der Waals surface area contributed by atoms with Crippen LogP contribution in [0.25, 0.3) is 43.7 Å². The molecule has 4 heterocycles. The number of aliphatic hydroxyl groups is 1. The number of rotatable bonds is 6. The van der Waals surface area contributed by atoms with Gasteiger partial charge in [-0.25, -0.2) is 13.8 Å². The zero-order valence-corrected chi connectivity index (χ0v) is 25.8. The van der Waals surface area contributed by atoms with E-state index < -0.39 is 17.7 Å². The van der Waals surface area contributed by atoms with E-state index >= 15 is 4.39 Å². The average Bonchev–Trinajstić information content (AvgIpc) is 3.66. The molecular formula is C36H31F2N3O3S. The first kappa shape index (κ1) is 29.3. The normalized spacial score (nSPS) is 15.8. The smallest absolute Gasteiger partial charge is 0.246 e. The number of aryl methyl sites for hydroxylation is 1. The van der Waals surface area contributed by atoms with Crippen LogP contribution in [-0.4, -0.2) is 38.5 Å². The average molecular weight is 624 g/mol. The van der Waals surface area contributed by atoms with Crippen molar-refractivity contribution in [2.24, 2.45) is 0 Å². The van der Waals surface area contributed by atoms with Gasteiger partial charge in [0.05, 0.1) is 29.2 Å². The van der Waals surface area contributed by atoms with E-state index in [0.29, 0.717) is 48.4 Å². The minimum absolute atomic E-state index is 0.0855. The van der Waals surface area contributed by atoms with Crippen LogP contribution in [0.3, 0.4) is 0 Å². The summed E-state index contributed by atoms with van der Waals surface area (Å²) in [6, 6.07) is 12.0. The van der Waals surface area contributed by atoms with Crippen molar-refractivity contribution < 1.29 is 23.4 Å². The number of hydrogen-bond donors (Lipinski definition) is 1. The first-order valence-electron chi connectivity index (χ1n) is 15.0. The zero-order valence-electron chi connectivity index (χ0n) is 24.9. The maximum atomic E-state index is 16.0. The summed E-state index contributed by atoms with van der Waals surface area (Å²) in [5, 5.41) is 13.4. The number of thiophene rings is 1. The van der Waals surface area contributed by atoms with Gasteiger partial charge >= 0.3 is 0 Å². The summed E-state index contributed by atoms with van der Waals surface area (Å²) in [6.45, 7) is 8.14. The van der Waals surface area contributed by atoms with E-state index in [0.717, 1.165) is 50.5 Å². The van der Waals surface area contributed by atoms with Gasteiger partial charge in [0.15, 0.2) is 0 Å². The number of aromatic nitrogens is 2. The van der Waals surface area contributed by atoms with Crippen LogP contribution in [-0.2, 0) is 24.2 Å². The lowest BCUT2D eigenvalue weighted by Crippen LogP contribution is -2.35. The highest BCUT2D eigenvalue weighted by Crippen LogP contribution is 2.48. The fourth-order valence-corrected chi connectivity index (χ4v) is 7.37. The molecule has 1 aliphatic carbocycles. The van der Waals surface area contributed by atoms with Crippen LogP contribution in [0.5, 0.6) is 5.75 Å². The third kappa shape index (κ3) is 5.19. The largest absolute Gasteiger partial charge is 0.490 e. The molecule has 0 unspecified atom stereocenters. The minimum Gasteiger partial charge on any atom is -0.490 e. The number of aliphatic hydroxyl groups excluding tert-OH is 1. The van der Waals surface area contributed by atoms with Crippen LogP contribution in [0.4, 0.5) is 8.78 Å². The van der Waals surface area contributed by atoms with Gasteiger partial charge in [0.2, 0.25) is 5.91 Å². The molecule has 5 aromatic rings. The molecule has 1 atom stereocenters. The van der Waals surface area contributed by atoms with Crippen molar-refractivity contribution in [2.45, 2.75) is 51.9 Å². The second-order valence-electron chi connectivity index (χ2n) is 11.8. The SMILES string of the molecule is C=CC(=O)N1CCc2ncc(-c3nc(-c4ccc5c(c4)[C@@H](O)CC5)c4ccsc4c3-c3c(F)cc(F)cc3OC(C)C)cc2C1. The van der Waals surface area contributed by atoms with E-state index in [9.17, 15) is 14.3 Å². The van der Waals surface area contributed by atoms with Crippen LogP contribution >= 0.6 is 11.3 Å². The fourth-order valence-electron chi connectivity index (χ4n) is 6.43. The monoisotopic (exact) mass is 623 g/mol. The number of nitrogens with zero attached hydrogens (tertiary/aromatic N) is 3. The quantitative estimate of drug-likeness (QED) is 0.195. The zero-order chi connectivity index (χ0) is 31.4. The summed E-state index contributed by atoms with van der Waals surface area (Å²) >= 11 is 1.44. The van der Waals surface area contributed by atoms with Gasteiger partial charge in [-0.1, -0.05) is 18.7 Å². The maximum absolute atomic E-state index is 16.0. The van der Waals surface area contributed by atoms with Gasteiger partial charge in [-0.2, -0.15) is 0 Å². The second kappa shape index (κ2) is 11.5. The Hall–Kier alpha value is -4.47. The van der Waals surface area contributed by atoms with E-state index in [1.54, 1.807) is 11.1 Å². The minimum atomic E-state index is -0.759. The Kier molecular flexibility index (Phi) is 7.46. The second-order valence-corrected chi connectivity index (χ2v) is 12.7. The predicted molar refractivity (Wildman–Crippen MR) is 172 cm³/mol. The van der Waals surface area contributed by atoms with Gasteiger partial charge in [-0.05, 0) is 73.0 Å². The predicted octanol–water partition coefficient (Wildman–Crippen LogP) is 7.81. The van der Waals surface area contributed by atoms with Crippen molar-refractivity contribution >= 4 is 27.3 Å². The number of amides is 1. The molecule has 0 bridgehead atoms. The summed E-state index contributed by atoms with van der Waals surface area (Å²) in [7, 11) is 0. The van der Waals surface area contributed by atoms with Crippen LogP contribution < -0.4 is 4.74 Å². The Balaban J connectivity index is 1.51. The maximum Gasteiger partial charge on any atom is 0.246 e. The molecule has 2 aromatic carbocycles. The van der Waals surface area contributed by atoms with Crippen molar-refractivity contribution in [3.05, 3.63) is 101 Å². The lowest BCUT2D eigenvalue weighted by molar-refractivity contribution is -0.126. The fraction of sp³-hybridized carbons (Fsp3) is 0.250. The molecule has 2 aliphatic rings. The summed E-state index contributed by atoms with van der Waals surface area (Å²) < 4.78 is 37.4. The Morgan fingerprint density at radius 3 is 2.73 bits per heavy atom. The topological polar surface area (TPSA) is 75.6 Å². The van der Waals surface area contributed by atoms with Gasteiger partial charge in [-0.3, -0.25) is 9.78 Å². The van der Waals surface area contributed by atoms with Gasteiger partial charge in [0.1, 0.15) is 17.4 Å². The van der Waals surface area contributed by atoms with Crippen LogP contribution in [0.1, 0.15) is 48.8 Å². The Morgan fingerprint density at radius 1 is 1.09 bits per heavy atom. The molecule has 6 nitrogen and oxygen atoms in total. The number of halogens is 2. The molecule has 0 radical (unpaired) electrons. The van der Waals surface area contributed by atoms with Crippen molar-refractivity contribution in [2.75, 3.05) is 6.54 Å². The Bertz CT molecular complexity index is 2000. The lowest BCUT2D eigenvalue weighted by atomic mass is 9.93. The summed E-state index contributed by atoms with van der Waals surface area (Å²) in [6.07, 6.45) is 4.26. The summed E-state index contributed by atoms with van der Waals surface area (Å²) in [5.41, 5.74) is 6.97. The molecule has 0 saturated carbocycles. The van der Waals surface area contributed by atoms with E-state index in [-0.39, 0.29) is 23.3 Å². The molecule has 7 rings (SSSR count). The third-order valence-electron chi connectivity index (χ3n) is 8.50. The highest BCUT2D eigenvalue weighted by atomic mass is 32.1. The van der Waals surface area contributed by atoms with Crippen molar-refractivity contribution in [1.29, 1.82) is 0 Å². The molecule has 9 heteroatoms. The summed E-state index contributed by atoms with van der Waals surface area (Å²) in [4.78, 5) is 24.2. The highest BCUT2D eigenvalue weighted by molar-refractivity contribution is 7.18. The van der Waals surface area contributed by atoms with Crippen molar-refractivity contribution in [1.82, 2.24) is 14.9 Å². The molecule has 45 heavy (non-hydrogen) atoms. The van der Waals surface area contributed by atoms with E-state index in [4.69, 9.17) is 14.7 Å². The number of carbonyl (C=O) groups excluding carboxylic acids is 1. The van der Waals surface area contributed by atoms with E-state index in [1.807, 2.05) is 49.6 Å². The number of carbonyl (C=O) groups is 1. The third-order valence-corrected chi connectivity index (χ3v) is 9.44. The first-order valence-corrected chi connectivity index (χ1v) is 15.9. The van der Waals surface area contributed by atoms with Gasteiger partial charge in [0.25, 0.3) is 0 Å². The molecule has 1 amide bonds. The number of benzene rings is 2. The number of hydrogen-bond acceptors (Lipinski definition) is 6. The molecule has 1 N–H and O–H groups in total. The Labute approximate surface area is 263 Å². The number of ether oxygens (including phenoxy) is 1. The highest BCUT2D eigenvalue weighted by Gasteiger charge is 2.28. The van der Waals surface area contributed by atoms with E-state index in [1.165, 1.54) is 23.5 Å². The molecular weight excluding hydrogens is 592 g/mol.